The molecule has 4 bridgehead atoms. The van der Waals surface area contributed by atoms with Gasteiger partial charge in [0.2, 0.25) is 0 Å². The molecule has 1 spiro atoms. The molecule has 12 atom stereocenters. The lowest BCUT2D eigenvalue weighted by Gasteiger charge is -2.48. The van der Waals surface area contributed by atoms with Gasteiger partial charge in [-0.15, -0.1) is 0 Å². The first-order valence-electron chi connectivity index (χ1n) is 15.9. The molecule has 1 aromatic carbocycles. The van der Waals surface area contributed by atoms with Gasteiger partial charge in [0, 0.05) is 48.5 Å². The van der Waals surface area contributed by atoms with Gasteiger partial charge in [0.15, 0.2) is 6.10 Å². The summed E-state index contributed by atoms with van der Waals surface area (Å²) in [6, 6.07) is 10.3. The number of methoxy groups -OCH3 is 1. The van der Waals surface area contributed by atoms with E-state index in [2.05, 4.69) is 10.3 Å². The van der Waals surface area contributed by atoms with E-state index in [-0.39, 0.29) is 41.7 Å². The number of aromatic nitrogens is 1. The Morgan fingerprint density at radius 3 is 2.61 bits per heavy atom. The number of carbonyl (C=O) groups is 3. The Morgan fingerprint density at radius 1 is 1.17 bits per heavy atom. The van der Waals surface area contributed by atoms with Gasteiger partial charge in [-0.1, -0.05) is 50.3 Å². The highest BCUT2D eigenvalue weighted by Crippen LogP contribution is 2.61. The molecule has 246 valence electrons. The van der Waals surface area contributed by atoms with Crippen molar-refractivity contribution >= 4 is 23.5 Å². The molecule has 2 aromatic rings. The number of aliphatic hydroxyl groups is 2. The van der Waals surface area contributed by atoms with Crippen molar-refractivity contribution < 1.29 is 43.5 Å². The number of benzene rings is 1. The molecule has 0 radical (unpaired) electrons. The van der Waals surface area contributed by atoms with E-state index in [0.29, 0.717) is 11.3 Å². The van der Waals surface area contributed by atoms with Gasteiger partial charge in [-0.3, -0.25) is 4.79 Å². The predicted octanol–water partition coefficient (Wildman–Crippen LogP) is 3.65. The first-order chi connectivity index (χ1) is 22.0. The smallest absolute Gasteiger partial charge is 0.355 e. The Morgan fingerprint density at radius 2 is 1.91 bits per heavy atom. The molecule has 4 aliphatic rings. The van der Waals surface area contributed by atoms with Gasteiger partial charge < -0.3 is 39.5 Å². The summed E-state index contributed by atoms with van der Waals surface area (Å²) >= 11 is 0. The van der Waals surface area contributed by atoms with E-state index < -0.39 is 60.1 Å². The molecular weight excluding hydrogens is 592 g/mol. The first-order valence-corrected chi connectivity index (χ1v) is 15.9. The number of cyclic esters (lactones) is 1. The van der Waals surface area contributed by atoms with Crippen molar-refractivity contribution in [1.29, 1.82) is 0 Å². The van der Waals surface area contributed by atoms with Crippen molar-refractivity contribution in [3.63, 3.8) is 0 Å². The molecule has 46 heavy (non-hydrogen) atoms. The summed E-state index contributed by atoms with van der Waals surface area (Å²) in [4.78, 5) is 42.1. The van der Waals surface area contributed by atoms with E-state index in [1.54, 1.807) is 31.2 Å². The molecule has 2 fully saturated rings. The Kier molecular flexibility index (Phi) is 8.71. The number of hydrogen-bond acceptors (Lipinski definition) is 9. The van der Waals surface area contributed by atoms with Crippen LogP contribution >= 0.6 is 0 Å². The van der Waals surface area contributed by atoms with Gasteiger partial charge in [0.25, 0.3) is 5.91 Å². The van der Waals surface area contributed by atoms with E-state index in [4.69, 9.17) is 18.9 Å². The third kappa shape index (κ3) is 5.38. The van der Waals surface area contributed by atoms with Crippen molar-refractivity contribution in [2.75, 3.05) is 12.4 Å². The van der Waals surface area contributed by atoms with Gasteiger partial charge in [-0.2, -0.15) is 0 Å². The molecule has 1 aromatic heterocycles. The molecular formula is C35H42N2O9. The quantitative estimate of drug-likeness (QED) is 0.275. The van der Waals surface area contributed by atoms with Gasteiger partial charge in [-0.25, -0.2) is 9.59 Å². The fourth-order valence-corrected chi connectivity index (χ4v) is 8.06. The zero-order valence-electron chi connectivity index (χ0n) is 26.6. The molecule has 2 aliphatic carbocycles. The largest absolute Gasteiger partial charge is 0.457 e. The van der Waals surface area contributed by atoms with Crippen LogP contribution in [-0.4, -0.2) is 82.4 Å². The number of carbonyl (C=O) groups excluding carboxylic acids is 3. The monoisotopic (exact) mass is 634 g/mol. The Bertz CT molecular complexity index is 1530. The van der Waals surface area contributed by atoms with Crippen molar-refractivity contribution in [1.82, 2.24) is 4.98 Å². The van der Waals surface area contributed by atoms with Crippen LogP contribution in [-0.2, 0) is 23.7 Å². The average Bonchev–Trinajstić information content (AvgIpc) is 3.58. The van der Waals surface area contributed by atoms with E-state index in [1.165, 1.54) is 19.4 Å². The Balaban J connectivity index is 1.28. The van der Waals surface area contributed by atoms with Gasteiger partial charge in [0.1, 0.15) is 29.6 Å². The van der Waals surface area contributed by atoms with Crippen LogP contribution in [0.25, 0.3) is 0 Å². The van der Waals surface area contributed by atoms with Crippen LogP contribution in [0.15, 0.2) is 66.4 Å². The molecule has 4 N–H and O–H groups in total. The fraction of sp³-hybridized carbons (Fsp3) is 0.514. The van der Waals surface area contributed by atoms with Crippen molar-refractivity contribution in [2.45, 2.75) is 76.3 Å². The van der Waals surface area contributed by atoms with Crippen LogP contribution in [0.5, 0.6) is 0 Å². The topological polar surface area (TPSA) is 156 Å². The van der Waals surface area contributed by atoms with Crippen LogP contribution in [0.3, 0.4) is 0 Å². The number of H-pyrrole nitrogens is 1. The highest BCUT2D eigenvalue weighted by Gasteiger charge is 2.69. The number of aromatic amines is 1. The summed E-state index contributed by atoms with van der Waals surface area (Å²) in [6.45, 7) is 7.26. The second-order valence-corrected chi connectivity index (χ2v) is 13.1. The van der Waals surface area contributed by atoms with Crippen LogP contribution in [0.4, 0.5) is 5.69 Å². The average molecular weight is 635 g/mol. The lowest BCUT2D eigenvalue weighted by Crippen LogP contribution is -2.57. The van der Waals surface area contributed by atoms with Crippen LogP contribution in [0, 0.1) is 29.6 Å². The highest BCUT2D eigenvalue weighted by atomic mass is 16.6. The second-order valence-electron chi connectivity index (χ2n) is 13.1. The number of nitrogens with one attached hydrogen (secondary N) is 2. The molecule has 1 amide bonds. The number of rotatable bonds is 6. The number of anilines is 1. The zero-order valence-corrected chi connectivity index (χ0v) is 26.6. The van der Waals surface area contributed by atoms with E-state index in [1.807, 2.05) is 45.1 Å². The molecule has 1 saturated carbocycles. The first kappa shape index (κ1) is 32.2. The summed E-state index contributed by atoms with van der Waals surface area (Å²) in [5, 5.41) is 25.2. The summed E-state index contributed by atoms with van der Waals surface area (Å²) in [6.07, 6.45) is 2.84. The number of ether oxygens (including phenoxy) is 4. The maximum atomic E-state index is 13.5. The summed E-state index contributed by atoms with van der Waals surface area (Å²) in [7, 11) is 1.45. The van der Waals surface area contributed by atoms with Gasteiger partial charge >= 0.3 is 11.9 Å². The predicted molar refractivity (Wildman–Crippen MR) is 167 cm³/mol. The number of hydrogen-bond donors (Lipinski definition) is 4. The van der Waals surface area contributed by atoms with Crippen molar-refractivity contribution in [2.24, 2.45) is 29.6 Å². The van der Waals surface area contributed by atoms with E-state index in [0.717, 1.165) is 5.57 Å². The Labute approximate surface area is 267 Å². The third-order valence-corrected chi connectivity index (χ3v) is 10.3. The second kappa shape index (κ2) is 12.4. The molecule has 6 rings (SSSR count). The zero-order chi connectivity index (χ0) is 32.9. The minimum atomic E-state index is -1.01. The molecule has 2 aliphatic heterocycles. The number of aliphatic hydroxyl groups excluding tert-OH is 2. The van der Waals surface area contributed by atoms with Crippen molar-refractivity contribution in [3.8, 4) is 0 Å². The summed E-state index contributed by atoms with van der Waals surface area (Å²) < 4.78 is 24.4. The number of esters is 2. The molecule has 1 saturated heterocycles. The molecule has 2 unspecified atom stereocenters. The van der Waals surface area contributed by atoms with Gasteiger partial charge in [-0.05, 0) is 44.0 Å². The lowest BCUT2D eigenvalue weighted by molar-refractivity contribution is -0.172. The standard InChI is InChI=1S/C35H42N2O9/c1-17-13-18(2)35-22(14-26(43-5)34(42)44-29(17)20(4)38)11-12-24-27(35)28(39)19(3)30(31(24)46-35)45-33(41)25-15-23(16-36-25)37-32(40)21-9-7-6-8-10-21/h6-13,15-17,19-20,22,24,26-31,36,38-39H,14H2,1-5H3,(H,37,40)/b18-13+/t17-,19-,20-,22-,24?,26+,27?,28-,29+,30-,31-,35+/m1/s1. The number of amides is 1. The van der Waals surface area contributed by atoms with Crippen LogP contribution in [0.2, 0.25) is 0 Å². The van der Waals surface area contributed by atoms with E-state index >= 15 is 0 Å². The van der Waals surface area contributed by atoms with Crippen LogP contribution < -0.4 is 5.32 Å². The maximum Gasteiger partial charge on any atom is 0.355 e. The molecule has 3 heterocycles. The van der Waals surface area contributed by atoms with Gasteiger partial charge in [0.05, 0.1) is 17.9 Å². The molecule has 11 heteroatoms. The summed E-state index contributed by atoms with van der Waals surface area (Å²) in [5.41, 5.74) is 0.887. The molecule has 11 nitrogen and oxygen atoms in total. The SMILES string of the molecule is CO[C@H]1C[C@H]2C=CC3C4[C@H](O)[C@@H](C)[C@@H](OC(=O)c5cc(NC(=O)c6ccccc6)c[nH]5)[C@@H]3O[C@]42/C(C)=C/[C@@H](C)[C@@H]([C@@H](C)O)OC1=O. The third-order valence-electron chi connectivity index (χ3n) is 10.3. The minimum Gasteiger partial charge on any atom is -0.457 e. The van der Waals surface area contributed by atoms with Crippen LogP contribution in [0.1, 0.15) is 55.0 Å². The highest BCUT2D eigenvalue weighted by molar-refractivity contribution is 6.04. The van der Waals surface area contributed by atoms with E-state index in [9.17, 15) is 24.6 Å². The minimum absolute atomic E-state index is 0.147. The lowest BCUT2D eigenvalue weighted by atomic mass is 9.57. The summed E-state index contributed by atoms with van der Waals surface area (Å²) in [5.74, 6) is -3.33. The fourth-order valence-electron chi connectivity index (χ4n) is 8.06. The maximum absolute atomic E-state index is 13.5. The van der Waals surface area contributed by atoms with Crippen molar-refractivity contribution in [3.05, 3.63) is 77.7 Å². The normalized spacial score (nSPS) is 38.5. The Hall–Kier alpha value is -3.77.